The average molecular weight is 334 g/mol. The number of Topliss-reactive ketones (excluding diaryl/α,β-unsaturated/α-hetero) is 1. The van der Waals surface area contributed by atoms with Crippen LogP contribution in [0.3, 0.4) is 0 Å². The molecule has 0 aromatic carbocycles. The summed E-state index contributed by atoms with van der Waals surface area (Å²) >= 11 is 10.5. The molecule has 2 aromatic rings. The van der Waals surface area contributed by atoms with Gasteiger partial charge in [0.05, 0.1) is 15.9 Å². The van der Waals surface area contributed by atoms with Crippen molar-refractivity contribution in [2.24, 2.45) is 0 Å². The largest absolute Gasteiger partial charge is 0.294 e. The minimum Gasteiger partial charge on any atom is -0.294 e. The molecule has 0 saturated carbocycles. The molecule has 0 aliphatic rings. The van der Waals surface area contributed by atoms with Crippen molar-refractivity contribution in [1.29, 1.82) is 0 Å². The molecule has 0 atom stereocenters. The van der Waals surface area contributed by atoms with Gasteiger partial charge in [0.15, 0.2) is 10.9 Å². The molecule has 0 aliphatic heterocycles. The number of aryl methyl sites for hydroxylation is 1. The highest BCUT2D eigenvalue weighted by molar-refractivity contribution is 9.11. The topological polar surface area (TPSA) is 34.9 Å². The van der Waals surface area contributed by atoms with Gasteiger partial charge in [0, 0.05) is 17.0 Å². The van der Waals surface area contributed by atoms with Crippen LogP contribution in [0, 0.1) is 13.8 Å². The molecule has 0 unspecified atom stereocenters. The number of nitrogens with zero attached hydrogens (tertiary/aromatic N) is 2. The van der Waals surface area contributed by atoms with E-state index < -0.39 is 0 Å². The quantitative estimate of drug-likeness (QED) is 0.633. The van der Waals surface area contributed by atoms with Gasteiger partial charge in [-0.1, -0.05) is 11.3 Å². The summed E-state index contributed by atoms with van der Waals surface area (Å²) in [6.07, 6.45) is 1.75. The predicted octanol–water partition coefficient (Wildman–Crippen LogP) is 3.73. The summed E-state index contributed by atoms with van der Waals surface area (Å²) in [7, 11) is 0. The third-order valence-electron chi connectivity index (χ3n) is 2.51. The Morgan fingerprint density at radius 3 is 2.82 bits per heavy atom. The normalized spacial score (nSPS) is 10.8. The molecule has 6 heteroatoms. The van der Waals surface area contributed by atoms with Gasteiger partial charge < -0.3 is 0 Å². The fourth-order valence-electron chi connectivity index (χ4n) is 1.76. The van der Waals surface area contributed by atoms with E-state index in [1.54, 1.807) is 6.20 Å². The van der Waals surface area contributed by atoms with Crippen molar-refractivity contribution in [3.8, 4) is 5.13 Å². The molecule has 0 aliphatic carbocycles. The summed E-state index contributed by atoms with van der Waals surface area (Å²) in [4.78, 5) is 16.0. The van der Waals surface area contributed by atoms with Crippen molar-refractivity contribution < 1.29 is 4.79 Å². The van der Waals surface area contributed by atoms with Crippen LogP contribution in [-0.4, -0.2) is 21.2 Å². The number of halogens is 2. The van der Waals surface area contributed by atoms with Gasteiger partial charge in [-0.15, -0.1) is 11.6 Å². The molecule has 17 heavy (non-hydrogen) atoms. The molecule has 0 radical (unpaired) electrons. The van der Waals surface area contributed by atoms with Gasteiger partial charge in [-0.05, 0) is 35.8 Å². The zero-order valence-corrected chi connectivity index (χ0v) is 12.5. The summed E-state index contributed by atoms with van der Waals surface area (Å²) in [5, 5.41) is 0.848. The van der Waals surface area contributed by atoms with Crippen molar-refractivity contribution in [2.75, 3.05) is 5.88 Å². The molecule has 0 bridgehead atoms. The monoisotopic (exact) mass is 332 g/mol. The molecule has 0 fully saturated rings. The molecule has 90 valence electrons. The maximum Gasteiger partial charge on any atom is 0.195 e. The van der Waals surface area contributed by atoms with Crippen molar-refractivity contribution in [2.45, 2.75) is 13.8 Å². The van der Waals surface area contributed by atoms with Crippen LogP contribution in [-0.2, 0) is 0 Å². The Morgan fingerprint density at radius 1 is 1.59 bits per heavy atom. The third kappa shape index (κ3) is 2.32. The highest BCUT2D eigenvalue weighted by Crippen LogP contribution is 2.27. The minimum absolute atomic E-state index is 0.00581. The third-order valence-corrected chi connectivity index (χ3v) is 4.21. The Labute approximate surface area is 117 Å². The minimum atomic E-state index is -0.0540. The van der Waals surface area contributed by atoms with E-state index in [-0.39, 0.29) is 11.7 Å². The van der Waals surface area contributed by atoms with Gasteiger partial charge in [0.25, 0.3) is 0 Å². The van der Waals surface area contributed by atoms with E-state index in [1.807, 2.05) is 24.5 Å². The molecule has 2 heterocycles. The Hall–Kier alpha value is -0.650. The first kappa shape index (κ1) is 12.8. The first-order chi connectivity index (χ1) is 8.04. The molecule has 0 N–H and O–H groups in total. The van der Waals surface area contributed by atoms with E-state index in [0.29, 0.717) is 5.56 Å². The Balaban J connectivity index is 2.56. The Kier molecular flexibility index (Phi) is 3.70. The molecular weight excluding hydrogens is 324 g/mol. The number of carbonyl (C=O) groups excluding carboxylic acids is 1. The van der Waals surface area contributed by atoms with Crippen molar-refractivity contribution in [3.05, 3.63) is 33.0 Å². The molecule has 0 spiro atoms. The predicted molar refractivity (Wildman–Crippen MR) is 73.7 cm³/mol. The number of hydrogen-bond acceptors (Lipinski definition) is 3. The van der Waals surface area contributed by atoms with Gasteiger partial charge in [-0.3, -0.25) is 9.36 Å². The second-order valence-electron chi connectivity index (χ2n) is 3.62. The Morgan fingerprint density at radius 2 is 2.29 bits per heavy atom. The summed E-state index contributed by atoms with van der Waals surface area (Å²) in [6, 6.07) is 1.86. The van der Waals surface area contributed by atoms with Crippen LogP contribution in [0.1, 0.15) is 21.7 Å². The number of rotatable bonds is 3. The summed E-state index contributed by atoms with van der Waals surface area (Å²) in [5.74, 6) is -0.0482. The van der Waals surface area contributed by atoms with Crippen LogP contribution >= 0.6 is 38.9 Å². The van der Waals surface area contributed by atoms with E-state index in [4.69, 9.17) is 11.6 Å². The number of thiazole rings is 1. The number of aromatic nitrogens is 2. The van der Waals surface area contributed by atoms with Crippen molar-refractivity contribution in [3.63, 3.8) is 0 Å². The maximum atomic E-state index is 11.7. The second kappa shape index (κ2) is 4.92. The lowest BCUT2D eigenvalue weighted by Gasteiger charge is -2.04. The van der Waals surface area contributed by atoms with E-state index in [9.17, 15) is 4.79 Å². The summed E-state index contributed by atoms with van der Waals surface area (Å²) in [5.41, 5.74) is 2.54. The first-order valence-electron chi connectivity index (χ1n) is 4.94. The lowest BCUT2D eigenvalue weighted by atomic mass is 10.2. The van der Waals surface area contributed by atoms with E-state index in [1.165, 1.54) is 11.3 Å². The van der Waals surface area contributed by atoms with Gasteiger partial charge in [-0.25, -0.2) is 4.98 Å². The van der Waals surface area contributed by atoms with Crippen LogP contribution in [0.4, 0.5) is 0 Å². The molecule has 2 rings (SSSR count). The van der Waals surface area contributed by atoms with Crippen LogP contribution in [0.15, 0.2) is 16.0 Å². The number of ketones is 1. The van der Waals surface area contributed by atoms with Crippen LogP contribution < -0.4 is 0 Å². The van der Waals surface area contributed by atoms with Gasteiger partial charge in [-0.2, -0.15) is 0 Å². The van der Waals surface area contributed by atoms with Gasteiger partial charge >= 0.3 is 0 Å². The van der Waals surface area contributed by atoms with E-state index >= 15 is 0 Å². The average Bonchev–Trinajstić information content (AvgIpc) is 2.82. The maximum absolute atomic E-state index is 11.7. The number of hydrogen-bond donors (Lipinski definition) is 0. The van der Waals surface area contributed by atoms with Crippen LogP contribution in [0.2, 0.25) is 0 Å². The highest BCUT2D eigenvalue weighted by atomic mass is 79.9. The Bertz CT molecular complexity index is 576. The fraction of sp³-hybridized carbons (Fsp3) is 0.273. The molecule has 0 amide bonds. The number of carbonyl (C=O) groups is 1. The molecule has 2 aromatic heterocycles. The SMILES string of the molecule is Cc1cc(C(=O)CCl)c(C)n1-c1ncc(Br)s1. The highest BCUT2D eigenvalue weighted by Gasteiger charge is 2.17. The van der Waals surface area contributed by atoms with Crippen LogP contribution in [0.25, 0.3) is 5.13 Å². The molecular formula is C11H10BrClN2OS. The summed E-state index contributed by atoms with van der Waals surface area (Å²) in [6.45, 7) is 3.86. The zero-order valence-electron chi connectivity index (χ0n) is 9.33. The zero-order chi connectivity index (χ0) is 12.6. The molecule has 0 saturated heterocycles. The van der Waals surface area contributed by atoms with Gasteiger partial charge in [0.1, 0.15) is 0 Å². The van der Waals surface area contributed by atoms with Crippen molar-refractivity contribution >= 4 is 44.7 Å². The first-order valence-corrected chi connectivity index (χ1v) is 7.08. The smallest absolute Gasteiger partial charge is 0.195 e. The summed E-state index contributed by atoms with van der Waals surface area (Å²) < 4.78 is 2.93. The molecule has 3 nitrogen and oxygen atoms in total. The lowest BCUT2D eigenvalue weighted by molar-refractivity contribution is 0.102. The lowest BCUT2D eigenvalue weighted by Crippen LogP contribution is -2.03. The van der Waals surface area contributed by atoms with Crippen LogP contribution in [0.5, 0.6) is 0 Å². The van der Waals surface area contributed by atoms with E-state index in [2.05, 4.69) is 20.9 Å². The standard InChI is InChI=1S/C11H10BrClN2OS/c1-6-3-8(9(16)4-13)7(2)15(6)11-14-5-10(12)17-11/h3,5H,4H2,1-2H3. The fourth-order valence-corrected chi connectivity index (χ4v) is 3.20. The number of alkyl halides is 1. The van der Waals surface area contributed by atoms with Gasteiger partial charge in [0.2, 0.25) is 0 Å². The van der Waals surface area contributed by atoms with Crippen molar-refractivity contribution in [1.82, 2.24) is 9.55 Å². The second-order valence-corrected chi connectivity index (χ2v) is 6.28. The van der Waals surface area contributed by atoms with E-state index in [0.717, 1.165) is 20.3 Å².